The number of Topliss-reactive ketones (excluding diaryl/α,β-unsaturated/α-hetero) is 1. The van der Waals surface area contributed by atoms with E-state index in [1.165, 1.54) is 4.57 Å². The van der Waals surface area contributed by atoms with E-state index in [0.29, 0.717) is 23.6 Å². The van der Waals surface area contributed by atoms with Gasteiger partial charge in [-0.3, -0.25) is 28.6 Å². The Hall–Kier alpha value is -3.61. The Kier molecular flexibility index (Phi) is 12.0. The number of carboxylic acid groups (broad SMARTS) is 1. The monoisotopic (exact) mass is 561 g/mol. The molecular formula is C27H43N7O6. The van der Waals surface area contributed by atoms with Crippen molar-refractivity contribution in [2.75, 3.05) is 25.5 Å². The van der Waals surface area contributed by atoms with Gasteiger partial charge in [0.2, 0.25) is 5.91 Å². The van der Waals surface area contributed by atoms with E-state index >= 15 is 0 Å². The van der Waals surface area contributed by atoms with Crippen molar-refractivity contribution >= 4 is 23.5 Å². The third-order valence-corrected chi connectivity index (χ3v) is 6.55. The number of aryl methyl sites for hydroxylation is 1. The standard InChI is InChI=1S/C27H43N7O6/c1-8-10-11-12-33(7)15-21(35)18(13-23(36)37)29-25(38)20(9-2)34-16-22(27(4,5)6)30-24(26(34)39)28-14-19-17(3)31-40-32-19/h16,18,20H,8-15H2,1-7H3,(H,28,30)(H,29,38)(H,36,37)/t18-,20?/m0/s1. The summed E-state index contributed by atoms with van der Waals surface area (Å²) in [5.74, 6) is -2.21. The number of hydrogen-bond donors (Lipinski definition) is 3. The largest absolute Gasteiger partial charge is 0.481 e. The Morgan fingerprint density at radius 2 is 1.88 bits per heavy atom. The number of carboxylic acids is 1. The van der Waals surface area contributed by atoms with Gasteiger partial charge in [-0.05, 0) is 33.4 Å². The smallest absolute Gasteiger partial charge is 0.305 e. The fraction of sp³-hybridized carbons (Fsp3) is 0.667. The van der Waals surface area contributed by atoms with Crippen molar-refractivity contribution in [3.63, 3.8) is 0 Å². The number of carbonyl (C=O) groups excluding carboxylic acids is 2. The fourth-order valence-electron chi connectivity index (χ4n) is 4.08. The molecule has 0 radical (unpaired) electrons. The van der Waals surface area contributed by atoms with E-state index in [1.807, 2.05) is 25.7 Å². The first-order chi connectivity index (χ1) is 18.8. The Labute approximate surface area is 234 Å². The molecule has 40 heavy (non-hydrogen) atoms. The van der Waals surface area contributed by atoms with Crippen LogP contribution >= 0.6 is 0 Å². The number of amides is 1. The van der Waals surface area contributed by atoms with Crippen LogP contribution in [0.3, 0.4) is 0 Å². The van der Waals surface area contributed by atoms with Gasteiger partial charge in [0.25, 0.3) is 5.56 Å². The molecule has 0 aliphatic rings. The lowest BCUT2D eigenvalue weighted by Crippen LogP contribution is -2.49. The number of aliphatic carboxylic acids is 1. The molecule has 1 unspecified atom stereocenters. The van der Waals surface area contributed by atoms with Crippen molar-refractivity contribution in [1.29, 1.82) is 0 Å². The molecule has 2 atom stereocenters. The van der Waals surface area contributed by atoms with E-state index in [1.54, 1.807) is 27.1 Å². The maximum Gasteiger partial charge on any atom is 0.305 e. The lowest BCUT2D eigenvalue weighted by Gasteiger charge is -2.26. The molecule has 0 saturated carbocycles. The van der Waals surface area contributed by atoms with Crippen LogP contribution in [0.2, 0.25) is 0 Å². The molecule has 13 heteroatoms. The normalized spacial score (nSPS) is 13.2. The van der Waals surface area contributed by atoms with Crippen molar-refractivity contribution in [3.8, 4) is 0 Å². The minimum atomic E-state index is -1.23. The number of unbranched alkanes of at least 4 members (excludes halogenated alkanes) is 2. The second kappa shape index (κ2) is 14.7. The van der Waals surface area contributed by atoms with E-state index < -0.39 is 47.1 Å². The van der Waals surface area contributed by atoms with Crippen LogP contribution in [0.5, 0.6) is 0 Å². The molecule has 2 aromatic rings. The number of likely N-dealkylation sites (N-methyl/N-ethyl adjacent to an activating group) is 1. The highest BCUT2D eigenvalue weighted by atomic mass is 16.6. The van der Waals surface area contributed by atoms with Crippen molar-refractivity contribution in [1.82, 2.24) is 30.1 Å². The highest BCUT2D eigenvalue weighted by Crippen LogP contribution is 2.22. The van der Waals surface area contributed by atoms with Crippen LogP contribution < -0.4 is 16.2 Å². The molecule has 0 aliphatic heterocycles. The van der Waals surface area contributed by atoms with Crippen LogP contribution in [0.15, 0.2) is 15.6 Å². The molecule has 0 spiro atoms. The summed E-state index contributed by atoms with van der Waals surface area (Å²) < 4.78 is 6.01. The summed E-state index contributed by atoms with van der Waals surface area (Å²) in [5, 5.41) is 22.6. The molecule has 222 valence electrons. The molecule has 0 saturated heterocycles. The summed E-state index contributed by atoms with van der Waals surface area (Å²) in [7, 11) is 1.79. The second-order valence-electron chi connectivity index (χ2n) is 11.1. The average molecular weight is 562 g/mol. The SMILES string of the molecule is CCCCCN(C)CC(=O)[C@H](CC(=O)O)NC(=O)C(CC)n1cc(C(C)(C)C)nc(NCc2nonc2C)c1=O. The van der Waals surface area contributed by atoms with Gasteiger partial charge in [0.1, 0.15) is 17.4 Å². The lowest BCUT2D eigenvalue weighted by molar-refractivity contribution is -0.140. The van der Waals surface area contributed by atoms with E-state index in [-0.39, 0.29) is 25.3 Å². The van der Waals surface area contributed by atoms with Gasteiger partial charge in [-0.1, -0.05) is 57.8 Å². The molecular weight excluding hydrogens is 518 g/mol. The number of ketones is 1. The molecule has 2 rings (SSSR count). The van der Waals surface area contributed by atoms with Gasteiger partial charge in [-0.25, -0.2) is 9.61 Å². The van der Waals surface area contributed by atoms with Crippen molar-refractivity contribution in [3.05, 3.63) is 33.6 Å². The molecule has 1 amide bonds. The lowest BCUT2D eigenvalue weighted by atomic mass is 9.92. The highest BCUT2D eigenvalue weighted by Gasteiger charge is 2.30. The number of anilines is 1. The van der Waals surface area contributed by atoms with Crippen LogP contribution in [0.1, 0.15) is 89.8 Å². The quantitative estimate of drug-likeness (QED) is 0.257. The van der Waals surface area contributed by atoms with Crippen LogP contribution in [0.25, 0.3) is 0 Å². The molecule has 0 aliphatic carbocycles. The molecule has 3 N–H and O–H groups in total. The number of carbonyl (C=O) groups is 3. The predicted molar refractivity (Wildman–Crippen MR) is 149 cm³/mol. The summed E-state index contributed by atoms with van der Waals surface area (Å²) in [4.78, 5) is 57.9. The zero-order chi connectivity index (χ0) is 30.0. The first-order valence-electron chi connectivity index (χ1n) is 13.7. The summed E-state index contributed by atoms with van der Waals surface area (Å²) in [6.45, 7) is 12.2. The van der Waals surface area contributed by atoms with Gasteiger partial charge in [0.05, 0.1) is 31.2 Å². The van der Waals surface area contributed by atoms with E-state index in [9.17, 15) is 24.3 Å². The van der Waals surface area contributed by atoms with Crippen LogP contribution in [0, 0.1) is 6.92 Å². The first-order valence-corrected chi connectivity index (χ1v) is 13.7. The zero-order valence-corrected chi connectivity index (χ0v) is 24.6. The number of aromatic nitrogens is 4. The van der Waals surface area contributed by atoms with Crippen LogP contribution in [0.4, 0.5) is 5.82 Å². The van der Waals surface area contributed by atoms with E-state index in [4.69, 9.17) is 4.63 Å². The Balaban J connectivity index is 2.35. The Bertz CT molecular complexity index is 1220. The molecule has 13 nitrogen and oxygen atoms in total. The number of nitrogens with one attached hydrogen (secondary N) is 2. The van der Waals surface area contributed by atoms with Gasteiger partial charge < -0.3 is 15.7 Å². The van der Waals surface area contributed by atoms with Crippen molar-refractivity contribution < 1.29 is 24.1 Å². The number of hydrogen-bond acceptors (Lipinski definition) is 10. The highest BCUT2D eigenvalue weighted by molar-refractivity contribution is 5.93. The number of nitrogens with zero attached hydrogens (tertiary/aromatic N) is 5. The van der Waals surface area contributed by atoms with Gasteiger partial charge in [-0.15, -0.1) is 0 Å². The number of rotatable bonds is 16. The average Bonchev–Trinajstić information content (AvgIpc) is 3.27. The second-order valence-corrected chi connectivity index (χ2v) is 11.1. The maximum atomic E-state index is 13.5. The molecule has 0 fully saturated rings. The Morgan fingerprint density at radius 3 is 2.42 bits per heavy atom. The van der Waals surface area contributed by atoms with Gasteiger partial charge in [0, 0.05) is 11.6 Å². The molecule has 0 bridgehead atoms. The van der Waals surface area contributed by atoms with Crippen LogP contribution in [-0.4, -0.2) is 73.7 Å². The summed E-state index contributed by atoms with van der Waals surface area (Å²) in [5.41, 5.74) is 0.628. The predicted octanol–water partition coefficient (Wildman–Crippen LogP) is 2.45. The first kappa shape index (κ1) is 32.6. The summed E-state index contributed by atoms with van der Waals surface area (Å²) >= 11 is 0. The van der Waals surface area contributed by atoms with Crippen molar-refractivity contribution in [2.24, 2.45) is 0 Å². The molecule has 0 aromatic carbocycles. The van der Waals surface area contributed by atoms with E-state index in [0.717, 1.165) is 19.3 Å². The summed E-state index contributed by atoms with van der Waals surface area (Å²) in [6.07, 6.45) is 4.18. The van der Waals surface area contributed by atoms with Gasteiger partial charge in [-0.2, -0.15) is 0 Å². The van der Waals surface area contributed by atoms with Crippen LogP contribution in [-0.2, 0) is 26.3 Å². The van der Waals surface area contributed by atoms with Gasteiger partial charge >= 0.3 is 5.97 Å². The minimum Gasteiger partial charge on any atom is -0.481 e. The summed E-state index contributed by atoms with van der Waals surface area (Å²) in [6, 6.07) is -2.23. The van der Waals surface area contributed by atoms with E-state index in [2.05, 4.69) is 32.9 Å². The minimum absolute atomic E-state index is 0.00645. The molecule has 2 aromatic heterocycles. The Morgan fingerprint density at radius 1 is 1.18 bits per heavy atom. The van der Waals surface area contributed by atoms with Gasteiger partial charge in [0.15, 0.2) is 11.6 Å². The fourth-order valence-corrected chi connectivity index (χ4v) is 4.08. The van der Waals surface area contributed by atoms with Crippen molar-refractivity contribution in [2.45, 2.75) is 97.7 Å². The topological polar surface area (TPSA) is 173 Å². The maximum absolute atomic E-state index is 13.5. The molecule has 2 heterocycles. The third-order valence-electron chi connectivity index (χ3n) is 6.55. The third kappa shape index (κ3) is 9.25. The zero-order valence-electron chi connectivity index (χ0n) is 24.6.